The molecule has 2 aromatic rings. The third kappa shape index (κ3) is 6.52. The van der Waals surface area contributed by atoms with E-state index in [4.69, 9.17) is 9.47 Å². The number of nitrogens with one attached hydrogen (secondary N) is 1. The number of benzene rings is 2. The molecule has 0 bridgehead atoms. The summed E-state index contributed by atoms with van der Waals surface area (Å²) in [5.74, 6) is 0.942. The number of para-hydroxylation sites is 1. The Labute approximate surface area is 172 Å². The first-order valence-electron chi connectivity index (χ1n) is 9.73. The van der Waals surface area contributed by atoms with Crippen molar-refractivity contribution in [2.24, 2.45) is 0 Å². The molecule has 0 saturated carbocycles. The van der Waals surface area contributed by atoms with Crippen molar-refractivity contribution in [1.29, 1.82) is 0 Å². The molecule has 6 heteroatoms. The molecule has 0 spiro atoms. The average Bonchev–Trinajstić information content (AvgIpc) is 2.70. The highest BCUT2D eigenvalue weighted by Gasteiger charge is 2.27. The third-order valence-electron chi connectivity index (χ3n) is 4.55. The summed E-state index contributed by atoms with van der Waals surface area (Å²) in [6, 6.07) is 14.3. The van der Waals surface area contributed by atoms with E-state index in [9.17, 15) is 9.59 Å². The highest BCUT2D eigenvalue weighted by Crippen LogP contribution is 2.18. The van der Waals surface area contributed by atoms with E-state index in [0.29, 0.717) is 12.3 Å². The Balaban J connectivity index is 2.16. The number of hydrogen-bond acceptors (Lipinski definition) is 4. The van der Waals surface area contributed by atoms with Gasteiger partial charge in [-0.05, 0) is 57.0 Å². The lowest BCUT2D eigenvalue weighted by Gasteiger charge is -2.29. The van der Waals surface area contributed by atoms with Crippen molar-refractivity contribution in [2.45, 2.75) is 46.3 Å². The SMILES string of the molecule is COc1ccc(CN(C(=O)COc2ccccc2C)C(C)C(=O)NC(C)C)cc1. The van der Waals surface area contributed by atoms with E-state index in [1.165, 1.54) is 4.90 Å². The lowest BCUT2D eigenvalue weighted by atomic mass is 10.1. The van der Waals surface area contributed by atoms with Crippen LogP contribution in [0.15, 0.2) is 48.5 Å². The van der Waals surface area contributed by atoms with E-state index in [-0.39, 0.29) is 24.5 Å². The maximum absolute atomic E-state index is 13.0. The van der Waals surface area contributed by atoms with Crippen LogP contribution in [0.2, 0.25) is 0 Å². The monoisotopic (exact) mass is 398 g/mol. The van der Waals surface area contributed by atoms with Gasteiger partial charge in [0.05, 0.1) is 7.11 Å². The molecule has 0 aromatic heterocycles. The second kappa shape index (κ2) is 10.5. The van der Waals surface area contributed by atoms with Crippen LogP contribution >= 0.6 is 0 Å². The van der Waals surface area contributed by atoms with Crippen LogP contribution in [0, 0.1) is 6.92 Å². The second-order valence-electron chi connectivity index (χ2n) is 7.26. The maximum atomic E-state index is 13.0. The van der Waals surface area contributed by atoms with Crippen molar-refractivity contribution in [3.63, 3.8) is 0 Å². The smallest absolute Gasteiger partial charge is 0.261 e. The molecule has 0 fully saturated rings. The van der Waals surface area contributed by atoms with Gasteiger partial charge >= 0.3 is 0 Å². The number of nitrogens with zero attached hydrogens (tertiary/aromatic N) is 1. The van der Waals surface area contributed by atoms with Gasteiger partial charge in [-0.3, -0.25) is 9.59 Å². The zero-order chi connectivity index (χ0) is 21.4. The second-order valence-corrected chi connectivity index (χ2v) is 7.26. The predicted molar refractivity (Wildman–Crippen MR) is 113 cm³/mol. The van der Waals surface area contributed by atoms with Crippen molar-refractivity contribution in [1.82, 2.24) is 10.2 Å². The van der Waals surface area contributed by atoms with Crippen molar-refractivity contribution >= 4 is 11.8 Å². The van der Waals surface area contributed by atoms with Gasteiger partial charge < -0.3 is 19.7 Å². The fourth-order valence-electron chi connectivity index (χ4n) is 2.86. The van der Waals surface area contributed by atoms with Gasteiger partial charge in [0, 0.05) is 12.6 Å². The molecular weight excluding hydrogens is 368 g/mol. The largest absolute Gasteiger partial charge is 0.497 e. The van der Waals surface area contributed by atoms with E-state index in [1.54, 1.807) is 14.0 Å². The Morgan fingerprint density at radius 1 is 1.03 bits per heavy atom. The van der Waals surface area contributed by atoms with Crippen LogP contribution in [0.4, 0.5) is 0 Å². The quantitative estimate of drug-likeness (QED) is 0.704. The standard InChI is InChI=1S/C23H30N2O4/c1-16(2)24-23(27)18(4)25(14-19-10-12-20(28-5)13-11-19)22(26)15-29-21-9-7-6-8-17(21)3/h6-13,16,18H,14-15H2,1-5H3,(H,24,27). The van der Waals surface area contributed by atoms with Crippen LogP contribution in [0.1, 0.15) is 31.9 Å². The Morgan fingerprint density at radius 3 is 2.28 bits per heavy atom. The molecule has 2 rings (SSSR count). The molecule has 2 aromatic carbocycles. The molecule has 0 aliphatic rings. The Bertz CT molecular complexity index is 818. The lowest BCUT2D eigenvalue weighted by Crippen LogP contribution is -2.50. The van der Waals surface area contributed by atoms with Crippen LogP contribution in [0.3, 0.4) is 0 Å². The van der Waals surface area contributed by atoms with E-state index >= 15 is 0 Å². The molecular formula is C23H30N2O4. The first kappa shape index (κ1) is 22.3. The summed E-state index contributed by atoms with van der Waals surface area (Å²) in [6.45, 7) is 7.59. The summed E-state index contributed by atoms with van der Waals surface area (Å²) in [5, 5.41) is 2.87. The summed E-state index contributed by atoms with van der Waals surface area (Å²) in [7, 11) is 1.60. The molecule has 29 heavy (non-hydrogen) atoms. The van der Waals surface area contributed by atoms with E-state index in [1.807, 2.05) is 69.3 Å². The van der Waals surface area contributed by atoms with Gasteiger partial charge in [-0.15, -0.1) is 0 Å². The van der Waals surface area contributed by atoms with Crippen molar-refractivity contribution in [3.05, 3.63) is 59.7 Å². The number of aryl methyl sites for hydroxylation is 1. The average molecular weight is 399 g/mol. The number of carbonyl (C=O) groups is 2. The van der Waals surface area contributed by atoms with Gasteiger partial charge in [0.15, 0.2) is 6.61 Å². The van der Waals surface area contributed by atoms with Crippen LogP contribution in [-0.4, -0.2) is 42.5 Å². The summed E-state index contributed by atoms with van der Waals surface area (Å²) >= 11 is 0. The number of methoxy groups -OCH3 is 1. The fourth-order valence-corrected chi connectivity index (χ4v) is 2.86. The van der Waals surface area contributed by atoms with Crippen molar-refractivity contribution in [2.75, 3.05) is 13.7 Å². The van der Waals surface area contributed by atoms with Crippen molar-refractivity contribution in [3.8, 4) is 11.5 Å². The predicted octanol–water partition coefficient (Wildman–Crippen LogP) is 3.32. The molecule has 1 atom stereocenters. The number of hydrogen-bond donors (Lipinski definition) is 1. The van der Waals surface area contributed by atoms with Crippen LogP contribution in [0.5, 0.6) is 11.5 Å². The Kier molecular flexibility index (Phi) is 8.07. The molecule has 1 unspecified atom stereocenters. The number of carbonyl (C=O) groups excluding carboxylic acids is 2. The molecule has 1 N–H and O–H groups in total. The maximum Gasteiger partial charge on any atom is 0.261 e. The van der Waals surface area contributed by atoms with E-state index in [0.717, 1.165) is 16.9 Å². The molecule has 0 saturated heterocycles. The minimum absolute atomic E-state index is 0.00823. The van der Waals surface area contributed by atoms with Gasteiger partial charge in [0.1, 0.15) is 17.5 Å². The first-order valence-corrected chi connectivity index (χ1v) is 9.73. The highest BCUT2D eigenvalue weighted by atomic mass is 16.5. The van der Waals surface area contributed by atoms with Gasteiger partial charge in [-0.25, -0.2) is 0 Å². The Hall–Kier alpha value is -3.02. The van der Waals surface area contributed by atoms with Gasteiger partial charge in [-0.1, -0.05) is 30.3 Å². The summed E-state index contributed by atoms with van der Waals surface area (Å²) in [6.07, 6.45) is 0. The van der Waals surface area contributed by atoms with E-state index < -0.39 is 6.04 Å². The minimum Gasteiger partial charge on any atom is -0.497 e. The summed E-state index contributed by atoms with van der Waals surface area (Å²) in [4.78, 5) is 27.1. The van der Waals surface area contributed by atoms with Gasteiger partial charge in [0.2, 0.25) is 5.91 Å². The molecule has 0 radical (unpaired) electrons. The third-order valence-corrected chi connectivity index (χ3v) is 4.55. The molecule has 2 amide bonds. The number of rotatable bonds is 9. The van der Waals surface area contributed by atoms with Crippen molar-refractivity contribution < 1.29 is 19.1 Å². The minimum atomic E-state index is -0.632. The number of amides is 2. The number of ether oxygens (including phenoxy) is 2. The van der Waals surface area contributed by atoms with E-state index in [2.05, 4.69) is 5.32 Å². The highest BCUT2D eigenvalue weighted by molar-refractivity contribution is 5.88. The van der Waals surface area contributed by atoms with Crippen LogP contribution in [0.25, 0.3) is 0 Å². The summed E-state index contributed by atoms with van der Waals surface area (Å²) < 4.78 is 10.9. The normalized spacial score (nSPS) is 11.7. The zero-order valence-electron chi connectivity index (χ0n) is 17.8. The Morgan fingerprint density at radius 2 is 1.69 bits per heavy atom. The molecule has 156 valence electrons. The van der Waals surface area contributed by atoms with Crippen LogP contribution < -0.4 is 14.8 Å². The first-order chi connectivity index (χ1) is 13.8. The topological polar surface area (TPSA) is 67.9 Å². The van der Waals surface area contributed by atoms with Crippen LogP contribution in [-0.2, 0) is 16.1 Å². The van der Waals surface area contributed by atoms with Gasteiger partial charge in [0.25, 0.3) is 5.91 Å². The van der Waals surface area contributed by atoms with Gasteiger partial charge in [-0.2, -0.15) is 0 Å². The summed E-state index contributed by atoms with van der Waals surface area (Å²) in [5.41, 5.74) is 1.85. The lowest BCUT2D eigenvalue weighted by molar-refractivity contribution is -0.142. The molecule has 0 aliphatic heterocycles. The molecule has 0 aliphatic carbocycles. The zero-order valence-corrected chi connectivity index (χ0v) is 17.8. The fraction of sp³-hybridized carbons (Fsp3) is 0.391. The molecule has 6 nitrogen and oxygen atoms in total. The molecule has 0 heterocycles.